The van der Waals surface area contributed by atoms with Crippen LogP contribution in [0.15, 0.2) is 53.1 Å². The highest BCUT2D eigenvalue weighted by Gasteiger charge is 2.14. The normalized spacial score (nSPS) is 10.5. The van der Waals surface area contributed by atoms with E-state index in [9.17, 15) is 4.79 Å². The molecule has 0 N–H and O–H groups in total. The minimum Gasteiger partial charge on any atom is -0.465 e. The van der Waals surface area contributed by atoms with Crippen LogP contribution in [0.3, 0.4) is 0 Å². The van der Waals surface area contributed by atoms with E-state index in [-0.39, 0.29) is 5.97 Å². The Balaban J connectivity index is 1.94. The van der Waals surface area contributed by atoms with Crippen LogP contribution >= 0.6 is 0 Å². The van der Waals surface area contributed by atoms with Crippen molar-refractivity contribution in [2.75, 3.05) is 7.11 Å². The SMILES string of the molecule is COC(=O)c1ccc(-c2noc(-c3ccccc3)n2)cc1C. The second kappa shape index (κ2) is 5.81. The van der Waals surface area contributed by atoms with Gasteiger partial charge >= 0.3 is 5.97 Å². The minimum atomic E-state index is -0.359. The van der Waals surface area contributed by atoms with Gasteiger partial charge in [0.05, 0.1) is 12.7 Å². The van der Waals surface area contributed by atoms with Gasteiger partial charge in [0, 0.05) is 11.1 Å². The molecule has 0 aliphatic carbocycles. The summed E-state index contributed by atoms with van der Waals surface area (Å²) in [6, 6.07) is 14.9. The van der Waals surface area contributed by atoms with E-state index in [1.807, 2.05) is 43.3 Å². The lowest BCUT2D eigenvalue weighted by Gasteiger charge is -2.04. The summed E-state index contributed by atoms with van der Waals surface area (Å²) in [6.45, 7) is 1.84. The Bertz CT molecular complexity index is 810. The van der Waals surface area contributed by atoms with Crippen molar-refractivity contribution >= 4 is 5.97 Å². The Morgan fingerprint density at radius 2 is 1.86 bits per heavy atom. The van der Waals surface area contributed by atoms with Crippen LogP contribution in [0.4, 0.5) is 0 Å². The Kier molecular flexibility index (Phi) is 3.70. The van der Waals surface area contributed by atoms with Gasteiger partial charge in [0.2, 0.25) is 5.82 Å². The molecule has 0 aliphatic rings. The number of esters is 1. The summed E-state index contributed by atoms with van der Waals surface area (Å²) in [5.41, 5.74) is 2.98. The molecule has 0 spiro atoms. The van der Waals surface area contributed by atoms with Crippen LogP contribution in [0.25, 0.3) is 22.8 Å². The van der Waals surface area contributed by atoms with E-state index < -0.39 is 0 Å². The largest absolute Gasteiger partial charge is 0.465 e. The maximum atomic E-state index is 11.6. The highest BCUT2D eigenvalue weighted by molar-refractivity contribution is 5.91. The maximum absolute atomic E-state index is 11.6. The van der Waals surface area contributed by atoms with Crippen LogP contribution in [0, 0.1) is 6.92 Å². The van der Waals surface area contributed by atoms with E-state index in [4.69, 9.17) is 9.26 Å². The molecule has 5 heteroatoms. The molecule has 5 nitrogen and oxygen atoms in total. The quantitative estimate of drug-likeness (QED) is 0.692. The molecule has 3 rings (SSSR count). The number of carbonyl (C=O) groups is 1. The number of carbonyl (C=O) groups excluding carboxylic acids is 1. The van der Waals surface area contributed by atoms with Gasteiger partial charge < -0.3 is 9.26 Å². The van der Waals surface area contributed by atoms with E-state index in [2.05, 4.69) is 10.1 Å². The monoisotopic (exact) mass is 294 g/mol. The zero-order chi connectivity index (χ0) is 15.5. The first-order chi connectivity index (χ1) is 10.7. The second-order valence-electron chi connectivity index (χ2n) is 4.81. The number of aromatic nitrogens is 2. The molecule has 0 atom stereocenters. The van der Waals surface area contributed by atoms with Crippen molar-refractivity contribution in [3.8, 4) is 22.8 Å². The van der Waals surface area contributed by atoms with Crippen molar-refractivity contribution in [3.63, 3.8) is 0 Å². The molecule has 3 aromatic rings. The first-order valence-electron chi connectivity index (χ1n) is 6.77. The molecule has 2 aromatic carbocycles. The Labute approximate surface area is 127 Å². The van der Waals surface area contributed by atoms with Gasteiger partial charge in [0.15, 0.2) is 0 Å². The molecule has 0 fully saturated rings. The van der Waals surface area contributed by atoms with Gasteiger partial charge in [-0.25, -0.2) is 4.79 Å². The molecular weight excluding hydrogens is 280 g/mol. The molecule has 0 aliphatic heterocycles. The van der Waals surface area contributed by atoms with Gasteiger partial charge in [0.1, 0.15) is 0 Å². The van der Waals surface area contributed by atoms with Gasteiger partial charge in [-0.05, 0) is 36.8 Å². The number of rotatable bonds is 3. The zero-order valence-electron chi connectivity index (χ0n) is 12.2. The summed E-state index contributed by atoms with van der Waals surface area (Å²) in [5, 5.41) is 4.00. The molecule has 0 saturated heterocycles. The van der Waals surface area contributed by atoms with Crippen LogP contribution in [-0.4, -0.2) is 23.2 Å². The number of methoxy groups -OCH3 is 1. The van der Waals surface area contributed by atoms with Gasteiger partial charge in [-0.3, -0.25) is 0 Å². The number of aryl methyl sites for hydroxylation is 1. The minimum absolute atomic E-state index is 0.359. The predicted molar refractivity (Wildman–Crippen MR) is 81.2 cm³/mol. The van der Waals surface area contributed by atoms with Gasteiger partial charge in [-0.1, -0.05) is 29.4 Å². The number of ether oxygens (including phenoxy) is 1. The van der Waals surface area contributed by atoms with Crippen molar-refractivity contribution in [3.05, 3.63) is 59.7 Å². The van der Waals surface area contributed by atoms with Gasteiger partial charge in [-0.2, -0.15) is 4.98 Å². The number of hydrogen-bond acceptors (Lipinski definition) is 5. The van der Waals surface area contributed by atoms with Crippen LogP contribution < -0.4 is 0 Å². The molecule has 110 valence electrons. The number of nitrogens with zero attached hydrogens (tertiary/aromatic N) is 2. The van der Waals surface area contributed by atoms with Crippen LogP contribution in [0.1, 0.15) is 15.9 Å². The summed E-state index contributed by atoms with van der Waals surface area (Å²) < 4.78 is 10.0. The van der Waals surface area contributed by atoms with Crippen LogP contribution in [0.5, 0.6) is 0 Å². The topological polar surface area (TPSA) is 65.2 Å². The Hall–Kier alpha value is -2.95. The maximum Gasteiger partial charge on any atom is 0.338 e. The van der Waals surface area contributed by atoms with Crippen molar-refractivity contribution in [2.45, 2.75) is 6.92 Å². The molecule has 1 aromatic heterocycles. The van der Waals surface area contributed by atoms with E-state index in [1.165, 1.54) is 7.11 Å². The summed E-state index contributed by atoms with van der Waals surface area (Å²) >= 11 is 0. The van der Waals surface area contributed by atoms with Crippen molar-refractivity contribution < 1.29 is 14.1 Å². The smallest absolute Gasteiger partial charge is 0.338 e. The molecule has 0 unspecified atom stereocenters. The fourth-order valence-electron chi connectivity index (χ4n) is 2.18. The molecule has 0 radical (unpaired) electrons. The first kappa shape index (κ1) is 14.0. The number of hydrogen-bond donors (Lipinski definition) is 0. The fraction of sp³-hybridized carbons (Fsp3) is 0.118. The molecule has 0 amide bonds. The lowest BCUT2D eigenvalue weighted by atomic mass is 10.0. The van der Waals surface area contributed by atoms with Crippen LogP contribution in [-0.2, 0) is 4.74 Å². The van der Waals surface area contributed by atoms with Gasteiger partial charge in [-0.15, -0.1) is 0 Å². The van der Waals surface area contributed by atoms with Crippen molar-refractivity contribution in [1.82, 2.24) is 10.1 Å². The predicted octanol–water partition coefficient (Wildman–Crippen LogP) is 3.50. The Morgan fingerprint density at radius 1 is 1.09 bits per heavy atom. The highest BCUT2D eigenvalue weighted by Crippen LogP contribution is 2.24. The van der Waals surface area contributed by atoms with Gasteiger partial charge in [0.25, 0.3) is 5.89 Å². The third kappa shape index (κ3) is 2.61. The molecule has 0 bridgehead atoms. The van der Waals surface area contributed by atoms with Crippen LogP contribution in [0.2, 0.25) is 0 Å². The molecule has 1 heterocycles. The highest BCUT2D eigenvalue weighted by atomic mass is 16.5. The first-order valence-corrected chi connectivity index (χ1v) is 6.77. The average molecular weight is 294 g/mol. The molecular formula is C17H14N2O3. The van der Waals surface area contributed by atoms with E-state index in [0.717, 1.165) is 16.7 Å². The fourth-order valence-corrected chi connectivity index (χ4v) is 2.18. The van der Waals surface area contributed by atoms with E-state index in [0.29, 0.717) is 17.3 Å². The lowest BCUT2D eigenvalue weighted by molar-refractivity contribution is 0.0600. The standard InChI is InChI=1S/C17H14N2O3/c1-11-10-13(8-9-14(11)17(20)21-2)15-18-16(22-19-15)12-6-4-3-5-7-12/h3-10H,1-2H3. The van der Waals surface area contributed by atoms with Crippen molar-refractivity contribution in [2.24, 2.45) is 0 Å². The summed E-state index contributed by atoms with van der Waals surface area (Å²) in [4.78, 5) is 16.0. The summed E-state index contributed by atoms with van der Waals surface area (Å²) in [6.07, 6.45) is 0. The van der Waals surface area contributed by atoms with Crippen molar-refractivity contribution in [1.29, 1.82) is 0 Å². The Morgan fingerprint density at radius 3 is 2.55 bits per heavy atom. The third-order valence-electron chi connectivity index (χ3n) is 3.34. The zero-order valence-corrected chi connectivity index (χ0v) is 12.2. The number of benzene rings is 2. The van der Waals surface area contributed by atoms with E-state index in [1.54, 1.807) is 12.1 Å². The third-order valence-corrected chi connectivity index (χ3v) is 3.34. The molecule has 22 heavy (non-hydrogen) atoms. The summed E-state index contributed by atoms with van der Waals surface area (Å²) in [7, 11) is 1.36. The van der Waals surface area contributed by atoms with E-state index >= 15 is 0 Å². The molecule has 0 saturated carbocycles. The average Bonchev–Trinajstić information content (AvgIpc) is 3.05. The lowest BCUT2D eigenvalue weighted by Crippen LogP contribution is -2.03. The second-order valence-corrected chi connectivity index (χ2v) is 4.81. The summed E-state index contributed by atoms with van der Waals surface area (Å²) in [5.74, 6) is 0.589.